The Kier molecular flexibility index (Phi) is 8.08. The molecule has 0 saturated heterocycles. The van der Waals surface area contributed by atoms with E-state index in [1.165, 1.54) is 32.2 Å². The number of nitrogens with one attached hydrogen (secondary N) is 2. The Morgan fingerprint density at radius 3 is 2.50 bits per heavy atom. The first-order chi connectivity index (χ1) is 15.4. The molecule has 2 N–H and O–H groups in total. The van der Waals surface area contributed by atoms with E-state index in [2.05, 4.69) is 10.6 Å². The summed E-state index contributed by atoms with van der Waals surface area (Å²) in [5.74, 6) is 0.590. The van der Waals surface area contributed by atoms with E-state index in [9.17, 15) is 9.59 Å². The zero-order chi connectivity index (χ0) is 23.1. The van der Waals surface area contributed by atoms with Crippen LogP contribution >= 0.6 is 23.4 Å². The summed E-state index contributed by atoms with van der Waals surface area (Å²) in [6.07, 6.45) is 2.03. The molecular formula is C23H23ClN2O5S. The molecule has 0 aliphatic heterocycles. The number of hydrogen-bond acceptors (Lipinski definition) is 6. The van der Waals surface area contributed by atoms with Gasteiger partial charge in [-0.1, -0.05) is 24.6 Å². The lowest BCUT2D eigenvalue weighted by Gasteiger charge is -2.17. The Labute approximate surface area is 195 Å². The highest BCUT2D eigenvalue weighted by Gasteiger charge is 2.21. The predicted octanol–water partition coefficient (Wildman–Crippen LogP) is 5.71. The molecule has 1 heterocycles. The Morgan fingerprint density at radius 2 is 1.84 bits per heavy atom. The minimum Gasteiger partial charge on any atom is -0.495 e. The van der Waals surface area contributed by atoms with Gasteiger partial charge in [-0.05, 0) is 42.8 Å². The lowest BCUT2D eigenvalue weighted by molar-refractivity contribution is -0.115. The summed E-state index contributed by atoms with van der Waals surface area (Å²) in [4.78, 5) is 26.0. The molecule has 9 heteroatoms. The van der Waals surface area contributed by atoms with Gasteiger partial charge in [0.15, 0.2) is 5.76 Å². The number of hydrogen-bond donors (Lipinski definition) is 2. The van der Waals surface area contributed by atoms with Crippen LogP contribution in [-0.4, -0.2) is 31.3 Å². The first-order valence-electron chi connectivity index (χ1n) is 9.79. The van der Waals surface area contributed by atoms with Crippen LogP contribution in [0.4, 0.5) is 11.4 Å². The van der Waals surface area contributed by atoms with Gasteiger partial charge in [0.05, 0.1) is 36.4 Å². The van der Waals surface area contributed by atoms with Gasteiger partial charge in [-0.3, -0.25) is 9.59 Å². The number of rotatable bonds is 9. The molecule has 2 amide bonds. The van der Waals surface area contributed by atoms with E-state index in [4.69, 9.17) is 25.5 Å². The molecule has 1 aromatic heterocycles. The number of furan rings is 1. The monoisotopic (exact) mass is 474 g/mol. The predicted molar refractivity (Wildman–Crippen MR) is 126 cm³/mol. The van der Waals surface area contributed by atoms with E-state index in [0.717, 1.165) is 4.90 Å². The normalized spacial score (nSPS) is 11.5. The van der Waals surface area contributed by atoms with Crippen molar-refractivity contribution in [2.45, 2.75) is 23.5 Å². The van der Waals surface area contributed by atoms with Gasteiger partial charge >= 0.3 is 0 Å². The van der Waals surface area contributed by atoms with Crippen molar-refractivity contribution in [2.24, 2.45) is 0 Å². The van der Waals surface area contributed by atoms with Gasteiger partial charge in [0, 0.05) is 16.6 Å². The van der Waals surface area contributed by atoms with Crippen molar-refractivity contribution in [2.75, 3.05) is 24.9 Å². The van der Waals surface area contributed by atoms with Crippen molar-refractivity contribution < 1.29 is 23.5 Å². The van der Waals surface area contributed by atoms with E-state index in [1.54, 1.807) is 30.3 Å². The molecule has 3 aromatic rings. The van der Waals surface area contributed by atoms with Crippen molar-refractivity contribution in [3.63, 3.8) is 0 Å². The van der Waals surface area contributed by atoms with Crippen LogP contribution in [-0.2, 0) is 4.79 Å². The van der Waals surface area contributed by atoms with Crippen LogP contribution in [0.25, 0.3) is 0 Å². The second-order valence-corrected chi connectivity index (χ2v) is 8.33. The number of halogens is 1. The SMILES string of the molecule is CCC(Sc1cccc(NC(=O)c2ccco2)c1)C(=O)Nc1cc(Cl)c(OC)cc1OC. The Morgan fingerprint density at radius 1 is 1.06 bits per heavy atom. The molecule has 7 nitrogen and oxygen atoms in total. The van der Waals surface area contributed by atoms with E-state index in [-0.39, 0.29) is 22.8 Å². The summed E-state index contributed by atoms with van der Waals surface area (Å²) in [6, 6.07) is 13.7. The molecule has 3 rings (SSSR count). The molecule has 168 valence electrons. The number of thioether (sulfide) groups is 1. The minimum absolute atomic E-state index is 0.193. The summed E-state index contributed by atoms with van der Waals surface area (Å²) < 4.78 is 15.7. The lowest BCUT2D eigenvalue weighted by atomic mass is 10.2. The van der Waals surface area contributed by atoms with E-state index in [0.29, 0.717) is 34.3 Å². The number of anilines is 2. The van der Waals surface area contributed by atoms with Crippen molar-refractivity contribution in [1.82, 2.24) is 0 Å². The highest BCUT2D eigenvalue weighted by atomic mass is 35.5. The fraction of sp³-hybridized carbons (Fsp3) is 0.217. The molecule has 1 atom stereocenters. The van der Waals surface area contributed by atoms with Crippen LogP contribution in [0.2, 0.25) is 5.02 Å². The Hall–Kier alpha value is -3.10. The summed E-state index contributed by atoms with van der Waals surface area (Å²) in [5.41, 5.74) is 1.07. The number of methoxy groups -OCH3 is 2. The molecule has 0 aliphatic carbocycles. The standard InChI is InChI=1S/C23H23ClN2O5S/c1-4-21(23(28)26-17-12-16(24)19(29-2)13-20(17)30-3)32-15-8-5-7-14(11-15)25-22(27)18-9-6-10-31-18/h5-13,21H,4H2,1-3H3,(H,25,27)(H,26,28). The summed E-state index contributed by atoms with van der Waals surface area (Å²) in [5, 5.41) is 5.66. The number of amides is 2. The molecule has 0 fully saturated rings. The first-order valence-corrected chi connectivity index (χ1v) is 11.0. The maximum atomic E-state index is 13.0. The number of carbonyl (C=O) groups excluding carboxylic acids is 2. The fourth-order valence-electron chi connectivity index (χ4n) is 2.91. The molecule has 1 unspecified atom stereocenters. The minimum atomic E-state index is -0.378. The third-order valence-electron chi connectivity index (χ3n) is 4.51. The van der Waals surface area contributed by atoms with Gasteiger partial charge in [-0.15, -0.1) is 11.8 Å². The first kappa shape index (κ1) is 23.6. The van der Waals surface area contributed by atoms with Crippen LogP contribution in [0.15, 0.2) is 64.1 Å². The van der Waals surface area contributed by atoms with E-state index < -0.39 is 0 Å². The zero-order valence-electron chi connectivity index (χ0n) is 17.8. The molecule has 32 heavy (non-hydrogen) atoms. The number of carbonyl (C=O) groups is 2. The Bertz CT molecular complexity index is 1090. The van der Waals surface area contributed by atoms with Crippen LogP contribution in [0, 0.1) is 0 Å². The third kappa shape index (κ3) is 5.77. The van der Waals surface area contributed by atoms with Crippen molar-refractivity contribution in [3.8, 4) is 11.5 Å². The zero-order valence-corrected chi connectivity index (χ0v) is 19.4. The average Bonchev–Trinajstić information content (AvgIpc) is 3.33. The smallest absolute Gasteiger partial charge is 0.291 e. The van der Waals surface area contributed by atoms with Crippen LogP contribution in [0.1, 0.15) is 23.9 Å². The molecule has 2 aromatic carbocycles. The molecule has 0 radical (unpaired) electrons. The highest BCUT2D eigenvalue weighted by Crippen LogP contribution is 2.37. The lowest BCUT2D eigenvalue weighted by Crippen LogP contribution is -2.24. The average molecular weight is 475 g/mol. The maximum Gasteiger partial charge on any atom is 0.291 e. The largest absolute Gasteiger partial charge is 0.495 e. The quantitative estimate of drug-likeness (QED) is 0.386. The van der Waals surface area contributed by atoms with Crippen LogP contribution in [0.3, 0.4) is 0 Å². The summed E-state index contributed by atoms with van der Waals surface area (Å²) in [6.45, 7) is 1.93. The summed E-state index contributed by atoms with van der Waals surface area (Å²) in [7, 11) is 3.01. The molecule has 0 saturated carbocycles. The van der Waals surface area contributed by atoms with Gasteiger partial charge in [-0.25, -0.2) is 0 Å². The second-order valence-electron chi connectivity index (χ2n) is 6.65. The second kappa shape index (κ2) is 11.0. The van der Waals surface area contributed by atoms with E-state index in [1.807, 2.05) is 25.1 Å². The van der Waals surface area contributed by atoms with Crippen molar-refractivity contribution in [3.05, 3.63) is 65.6 Å². The molecule has 0 bridgehead atoms. The number of benzene rings is 2. The van der Waals surface area contributed by atoms with Crippen molar-refractivity contribution in [1.29, 1.82) is 0 Å². The van der Waals surface area contributed by atoms with Crippen LogP contribution < -0.4 is 20.1 Å². The number of ether oxygens (including phenoxy) is 2. The van der Waals surface area contributed by atoms with Gasteiger partial charge in [-0.2, -0.15) is 0 Å². The topological polar surface area (TPSA) is 89.8 Å². The molecule has 0 aliphatic rings. The van der Waals surface area contributed by atoms with Gasteiger partial charge in [0.1, 0.15) is 11.5 Å². The molecule has 0 spiro atoms. The highest BCUT2D eigenvalue weighted by molar-refractivity contribution is 8.00. The van der Waals surface area contributed by atoms with Crippen molar-refractivity contribution >= 4 is 46.6 Å². The third-order valence-corrected chi connectivity index (χ3v) is 6.16. The van der Waals surface area contributed by atoms with Gasteiger partial charge < -0.3 is 24.5 Å². The summed E-state index contributed by atoms with van der Waals surface area (Å²) >= 11 is 7.60. The Balaban J connectivity index is 1.71. The maximum absolute atomic E-state index is 13.0. The van der Waals surface area contributed by atoms with Gasteiger partial charge in [0.2, 0.25) is 5.91 Å². The molecular weight excluding hydrogens is 452 g/mol. The van der Waals surface area contributed by atoms with Gasteiger partial charge in [0.25, 0.3) is 5.91 Å². The van der Waals surface area contributed by atoms with E-state index >= 15 is 0 Å². The fourth-order valence-corrected chi connectivity index (χ4v) is 4.16. The van der Waals surface area contributed by atoms with Crippen LogP contribution in [0.5, 0.6) is 11.5 Å².